The number of benzene rings is 1. The minimum absolute atomic E-state index is 0.0743. The molecule has 0 bridgehead atoms. The number of aliphatic hydroxyl groups excluding tert-OH is 1. The first kappa shape index (κ1) is 21.9. The van der Waals surface area contributed by atoms with Crippen LogP contribution in [0, 0.1) is 34.5 Å². The Hall–Kier alpha value is -1.94. The third kappa shape index (κ3) is 3.21. The smallest absolute Gasteiger partial charge is 0.303 e. The summed E-state index contributed by atoms with van der Waals surface area (Å²) in [6.45, 7) is 4.56. The van der Waals surface area contributed by atoms with Gasteiger partial charge in [0.1, 0.15) is 5.78 Å². The Labute approximate surface area is 191 Å². The molecule has 0 spiro atoms. The van der Waals surface area contributed by atoms with Crippen LogP contribution >= 0.6 is 0 Å². The summed E-state index contributed by atoms with van der Waals surface area (Å²) in [4.78, 5) is 24.7. The number of fused-ring (bicyclic) bond motifs is 5. The van der Waals surface area contributed by atoms with E-state index in [0.717, 1.165) is 31.2 Å². The van der Waals surface area contributed by atoms with Crippen LogP contribution in [-0.2, 0) is 9.59 Å². The highest BCUT2D eigenvalue weighted by Gasteiger charge is 2.61. The van der Waals surface area contributed by atoms with Crippen LogP contribution in [0.15, 0.2) is 42.0 Å². The van der Waals surface area contributed by atoms with Crippen LogP contribution < -0.4 is 0 Å². The summed E-state index contributed by atoms with van der Waals surface area (Å²) >= 11 is 0. The quantitative estimate of drug-likeness (QED) is 0.623. The Balaban J connectivity index is 1.58. The lowest BCUT2D eigenvalue weighted by atomic mass is 9.44. The van der Waals surface area contributed by atoms with Crippen LogP contribution in [0.25, 0.3) is 0 Å². The number of carboxylic acids is 1. The number of rotatable bonds is 4. The van der Waals surface area contributed by atoms with E-state index in [4.69, 9.17) is 0 Å². The van der Waals surface area contributed by atoms with Gasteiger partial charge in [-0.2, -0.15) is 0 Å². The number of Topliss-reactive ketones (excluding diaryl/α,β-unsaturated/α-hetero) is 1. The maximum absolute atomic E-state index is 12.8. The van der Waals surface area contributed by atoms with Gasteiger partial charge in [-0.05, 0) is 79.1 Å². The lowest BCUT2D eigenvalue weighted by Gasteiger charge is -2.60. The van der Waals surface area contributed by atoms with Crippen LogP contribution in [0.3, 0.4) is 0 Å². The standard InChI is InChI=1S/C28H36O4/c1-27-13-12-23-20(22(27)10-11-25(27)30)9-8-18-14-19(29)15-24(28(18,23)2)21(16-26(31)32)17-6-4-3-5-7-17/h3-8,19-24,29H,9-16H2,1-2H3,(H,31,32)/t19-,20+,21?,22+,23+,24?,27+,28+/m1/s1. The number of carbonyl (C=O) groups excluding carboxylic acids is 1. The lowest BCUT2D eigenvalue weighted by molar-refractivity contribution is -0.140. The van der Waals surface area contributed by atoms with Crippen LogP contribution in [0.1, 0.15) is 76.7 Å². The maximum atomic E-state index is 12.8. The average Bonchev–Trinajstić information content (AvgIpc) is 3.07. The van der Waals surface area contributed by atoms with E-state index in [1.807, 2.05) is 18.2 Å². The number of aliphatic hydroxyl groups is 1. The molecule has 0 radical (unpaired) electrons. The summed E-state index contributed by atoms with van der Waals surface area (Å²) in [5.41, 5.74) is 2.09. The summed E-state index contributed by atoms with van der Waals surface area (Å²) in [6.07, 6.45) is 8.07. The van der Waals surface area contributed by atoms with Crippen molar-refractivity contribution in [3.8, 4) is 0 Å². The van der Waals surface area contributed by atoms with Crippen LogP contribution in [-0.4, -0.2) is 28.1 Å². The summed E-state index contributed by atoms with van der Waals surface area (Å²) in [7, 11) is 0. The van der Waals surface area contributed by atoms with Crippen molar-refractivity contribution in [3.63, 3.8) is 0 Å². The fourth-order valence-electron chi connectivity index (χ4n) is 8.52. The topological polar surface area (TPSA) is 74.6 Å². The summed E-state index contributed by atoms with van der Waals surface area (Å²) < 4.78 is 0. The van der Waals surface area contributed by atoms with E-state index in [-0.39, 0.29) is 29.1 Å². The molecule has 1 aromatic carbocycles. The largest absolute Gasteiger partial charge is 0.481 e. The fourth-order valence-corrected chi connectivity index (χ4v) is 8.52. The molecule has 2 N–H and O–H groups in total. The van der Waals surface area contributed by atoms with Crippen LogP contribution in [0.4, 0.5) is 0 Å². The zero-order chi connectivity index (χ0) is 22.7. The SMILES string of the molecule is C[C@]12CC[C@H]3[C@@H](CC=C4C[C@@H](O)CC(C(CC(=O)O)c5ccccc5)[C@@]43C)[C@@H]1CCC2=O. The fraction of sp³-hybridized carbons (Fsp3) is 0.643. The summed E-state index contributed by atoms with van der Waals surface area (Å²) in [5.74, 6) is 0.976. The van der Waals surface area contributed by atoms with Gasteiger partial charge in [0.15, 0.2) is 0 Å². The van der Waals surface area contributed by atoms with Crippen molar-refractivity contribution in [2.45, 2.75) is 77.2 Å². The molecular weight excluding hydrogens is 400 g/mol. The molecule has 2 unspecified atom stereocenters. The third-order valence-corrected chi connectivity index (χ3v) is 10.1. The zero-order valence-corrected chi connectivity index (χ0v) is 19.3. The Morgan fingerprint density at radius 1 is 1.16 bits per heavy atom. The molecule has 0 aliphatic heterocycles. The van der Waals surface area contributed by atoms with E-state index in [1.165, 1.54) is 5.57 Å². The minimum Gasteiger partial charge on any atom is -0.481 e. The highest BCUT2D eigenvalue weighted by molar-refractivity contribution is 5.87. The van der Waals surface area contributed by atoms with Gasteiger partial charge in [-0.25, -0.2) is 0 Å². The van der Waals surface area contributed by atoms with Gasteiger partial charge in [0.25, 0.3) is 0 Å². The van der Waals surface area contributed by atoms with Crippen LogP contribution in [0.2, 0.25) is 0 Å². The molecule has 5 rings (SSSR count). The molecule has 32 heavy (non-hydrogen) atoms. The average molecular weight is 437 g/mol. The number of allylic oxidation sites excluding steroid dienone is 1. The number of carboxylic acid groups (broad SMARTS) is 1. The van der Waals surface area contributed by atoms with Gasteiger partial charge in [0.2, 0.25) is 0 Å². The minimum atomic E-state index is -0.780. The molecule has 4 nitrogen and oxygen atoms in total. The van der Waals surface area contributed by atoms with Gasteiger partial charge in [-0.1, -0.05) is 55.8 Å². The number of carbonyl (C=O) groups is 2. The third-order valence-electron chi connectivity index (χ3n) is 10.1. The molecule has 4 aliphatic rings. The van der Waals surface area contributed by atoms with Crippen molar-refractivity contribution in [1.29, 1.82) is 0 Å². The van der Waals surface area contributed by atoms with Gasteiger partial charge in [-0.15, -0.1) is 0 Å². The van der Waals surface area contributed by atoms with Crippen molar-refractivity contribution in [3.05, 3.63) is 47.5 Å². The van der Waals surface area contributed by atoms with Gasteiger partial charge in [0, 0.05) is 11.8 Å². The molecule has 4 aliphatic carbocycles. The molecule has 1 aromatic rings. The van der Waals surface area contributed by atoms with Crippen molar-refractivity contribution in [2.24, 2.45) is 34.5 Å². The van der Waals surface area contributed by atoms with E-state index in [1.54, 1.807) is 0 Å². The van der Waals surface area contributed by atoms with Gasteiger partial charge in [-0.3, -0.25) is 9.59 Å². The van der Waals surface area contributed by atoms with Crippen molar-refractivity contribution >= 4 is 11.8 Å². The maximum Gasteiger partial charge on any atom is 0.303 e. The van der Waals surface area contributed by atoms with E-state index < -0.39 is 12.1 Å². The molecule has 0 heterocycles. The molecule has 8 atom stereocenters. The van der Waals surface area contributed by atoms with Crippen LogP contribution in [0.5, 0.6) is 0 Å². The highest BCUT2D eigenvalue weighted by atomic mass is 16.4. The van der Waals surface area contributed by atoms with E-state index in [9.17, 15) is 19.8 Å². The molecule has 0 saturated heterocycles. The molecule has 172 valence electrons. The Bertz CT molecular complexity index is 936. The number of aliphatic carboxylic acids is 1. The molecule has 3 fully saturated rings. The first-order valence-corrected chi connectivity index (χ1v) is 12.4. The highest BCUT2D eigenvalue weighted by Crippen LogP contribution is 2.67. The molecule has 3 saturated carbocycles. The number of ketones is 1. The van der Waals surface area contributed by atoms with Crippen molar-refractivity contribution in [1.82, 2.24) is 0 Å². The first-order valence-electron chi connectivity index (χ1n) is 12.4. The molecule has 0 amide bonds. The second kappa shape index (κ2) is 7.83. The van der Waals surface area contributed by atoms with E-state index >= 15 is 0 Å². The zero-order valence-electron chi connectivity index (χ0n) is 19.3. The van der Waals surface area contributed by atoms with E-state index in [0.29, 0.717) is 42.8 Å². The number of hydrogen-bond donors (Lipinski definition) is 2. The first-order chi connectivity index (χ1) is 15.2. The summed E-state index contributed by atoms with van der Waals surface area (Å²) in [6, 6.07) is 10.1. The predicted molar refractivity (Wildman–Crippen MR) is 123 cm³/mol. The van der Waals surface area contributed by atoms with Gasteiger partial charge in [0.05, 0.1) is 12.5 Å². The van der Waals surface area contributed by atoms with Gasteiger partial charge < -0.3 is 10.2 Å². The molecule has 0 aromatic heterocycles. The lowest BCUT2D eigenvalue weighted by Crippen LogP contribution is -2.54. The normalized spacial score (nSPS) is 41.8. The molecular formula is C28H36O4. The predicted octanol–water partition coefficient (Wildman–Crippen LogP) is 5.36. The monoisotopic (exact) mass is 436 g/mol. The van der Waals surface area contributed by atoms with Crippen molar-refractivity contribution in [2.75, 3.05) is 0 Å². The Kier molecular flexibility index (Phi) is 5.35. The summed E-state index contributed by atoms with van der Waals surface area (Å²) in [5, 5.41) is 20.7. The Morgan fingerprint density at radius 2 is 1.91 bits per heavy atom. The number of hydrogen-bond acceptors (Lipinski definition) is 3. The van der Waals surface area contributed by atoms with E-state index in [2.05, 4.69) is 32.1 Å². The second-order valence-electron chi connectivity index (χ2n) is 11.4. The van der Waals surface area contributed by atoms with Crippen molar-refractivity contribution < 1.29 is 19.8 Å². The second-order valence-corrected chi connectivity index (χ2v) is 11.4. The van der Waals surface area contributed by atoms with Gasteiger partial charge >= 0.3 is 5.97 Å². The Morgan fingerprint density at radius 3 is 2.62 bits per heavy atom. The molecule has 4 heteroatoms.